The molecule has 0 radical (unpaired) electrons. The molecule has 1 N–H and O–H groups in total. The lowest BCUT2D eigenvalue weighted by molar-refractivity contribution is -0.386. The van der Waals surface area contributed by atoms with Crippen LogP contribution in [0.3, 0.4) is 0 Å². The van der Waals surface area contributed by atoms with E-state index in [1.54, 1.807) is 49.5 Å². The zero-order valence-corrected chi connectivity index (χ0v) is 22.3. The Kier molecular flexibility index (Phi) is 11.1. The Morgan fingerprint density at radius 1 is 0.821 bits per heavy atom. The summed E-state index contributed by atoms with van der Waals surface area (Å²) in [4.78, 5) is 36.8. The molecular formula is C25H29N7O7. The lowest BCUT2D eigenvalue weighted by Crippen LogP contribution is -2.01. The summed E-state index contributed by atoms with van der Waals surface area (Å²) in [6, 6.07) is 7.06. The summed E-state index contributed by atoms with van der Waals surface area (Å²) in [6.45, 7) is 1.64. The van der Waals surface area contributed by atoms with E-state index in [0.717, 1.165) is 10.9 Å². The average molecular weight is 540 g/mol. The number of nitrogens with zero attached hydrogens (tertiary/aromatic N) is 6. The molecule has 14 nitrogen and oxygen atoms in total. The van der Waals surface area contributed by atoms with Gasteiger partial charge in [-0.2, -0.15) is 0 Å². The molecule has 14 heteroatoms. The molecule has 4 heterocycles. The lowest BCUT2D eigenvalue weighted by Gasteiger charge is -2.05. The number of ether oxygens (including phenoxy) is 3. The van der Waals surface area contributed by atoms with Crippen LogP contribution in [0.25, 0.3) is 17.0 Å². The molecule has 0 aliphatic rings. The molecule has 4 rings (SSSR count). The number of fused-ring (bicyclic) bond motifs is 1. The maximum Gasteiger partial charge on any atom is 0.338 e. The highest BCUT2D eigenvalue weighted by atomic mass is 16.6. The van der Waals surface area contributed by atoms with Crippen LogP contribution in [0.15, 0.2) is 55.3 Å². The third-order valence-corrected chi connectivity index (χ3v) is 4.95. The Labute approximate surface area is 224 Å². The number of hydrogen-bond acceptors (Lipinski definition) is 11. The summed E-state index contributed by atoms with van der Waals surface area (Å²) in [5.74, 6) is 0.721. The van der Waals surface area contributed by atoms with Gasteiger partial charge in [-0.25, -0.2) is 15.0 Å². The molecule has 39 heavy (non-hydrogen) atoms. The molecule has 0 bridgehead atoms. The first-order chi connectivity index (χ1) is 18.6. The summed E-state index contributed by atoms with van der Waals surface area (Å²) in [6.07, 6.45) is 9.91. The van der Waals surface area contributed by atoms with Gasteiger partial charge in [-0.1, -0.05) is 0 Å². The molecule has 0 aliphatic carbocycles. The Bertz CT molecular complexity index is 1440. The molecule has 0 spiro atoms. The maximum absolute atomic E-state index is 10.9. The Morgan fingerprint density at radius 2 is 1.36 bits per heavy atom. The van der Waals surface area contributed by atoms with Crippen LogP contribution in [0.1, 0.15) is 11.1 Å². The van der Waals surface area contributed by atoms with E-state index in [1.807, 2.05) is 32.4 Å². The quantitative estimate of drug-likeness (QED) is 0.260. The van der Waals surface area contributed by atoms with E-state index in [1.165, 1.54) is 26.6 Å². The number of aromatic nitrogens is 4. The number of hydrogen-bond donors (Lipinski definition) is 1. The van der Waals surface area contributed by atoms with Crippen molar-refractivity contribution in [2.75, 3.05) is 35.4 Å². The fraction of sp³-hybridized carbons (Fsp3) is 0.240. The molecule has 0 aliphatic heterocycles. The van der Waals surface area contributed by atoms with Crippen molar-refractivity contribution in [3.63, 3.8) is 0 Å². The minimum atomic E-state index is -0.499. The molecule has 0 saturated heterocycles. The van der Waals surface area contributed by atoms with Gasteiger partial charge in [0, 0.05) is 49.8 Å². The van der Waals surface area contributed by atoms with E-state index in [0.29, 0.717) is 17.0 Å². The number of nitro groups is 2. The molecule has 206 valence electrons. The molecule has 4 aromatic rings. The second-order valence-electron chi connectivity index (χ2n) is 7.80. The van der Waals surface area contributed by atoms with Crippen LogP contribution < -0.4 is 14.2 Å². The van der Waals surface area contributed by atoms with Crippen LogP contribution in [0.2, 0.25) is 0 Å². The van der Waals surface area contributed by atoms with Crippen LogP contribution in [0.4, 0.5) is 11.4 Å². The monoisotopic (exact) mass is 539 g/mol. The smallest absolute Gasteiger partial charge is 0.338 e. The highest BCUT2D eigenvalue weighted by Gasteiger charge is 2.20. The summed E-state index contributed by atoms with van der Waals surface area (Å²) >= 11 is 0. The predicted molar refractivity (Wildman–Crippen MR) is 145 cm³/mol. The van der Waals surface area contributed by atoms with Gasteiger partial charge in [-0.15, -0.1) is 0 Å². The molecule has 0 atom stereocenters. The normalized spacial score (nSPS) is 10.1. The van der Waals surface area contributed by atoms with Crippen LogP contribution >= 0.6 is 0 Å². The van der Waals surface area contributed by atoms with Crippen molar-refractivity contribution in [3.05, 3.63) is 86.6 Å². The molecule has 0 unspecified atom stereocenters. The molecule has 0 amide bonds. The van der Waals surface area contributed by atoms with Crippen LogP contribution in [0, 0.1) is 27.2 Å². The zero-order chi connectivity index (χ0) is 28.9. The summed E-state index contributed by atoms with van der Waals surface area (Å²) < 4.78 is 14.6. The molecular weight excluding hydrogens is 510 g/mol. The number of aromatic amines is 1. The topological polar surface area (TPSA) is 172 Å². The number of methoxy groups -OCH3 is 3. The van der Waals surface area contributed by atoms with Gasteiger partial charge in [-0.05, 0) is 43.5 Å². The first kappa shape index (κ1) is 30.0. The first-order valence-electron chi connectivity index (χ1n) is 11.3. The van der Waals surface area contributed by atoms with Gasteiger partial charge in [-0.3, -0.25) is 20.2 Å². The highest BCUT2D eigenvalue weighted by Crippen LogP contribution is 2.29. The van der Waals surface area contributed by atoms with Crippen molar-refractivity contribution in [2.45, 2.75) is 6.92 Å². The van der Waals surface area contributed by atoms with E-state index in [2.05, 4.69) is 19.9 Å². The van der Waals surface area contributed by atoms with Gasteiger partial charge in [0.05, 0.1) is 36.7 Å². The van der Waals surface area contributed by atoms with Crippen molar-refractivity contribution in [1.29, 1.82) is 0 Å². The number of H-pyrrole nitrogens is 1. The van der Waals surface area contributed by atoms with E-state index in [-0.39, 0.29) is 23.1 Å². The van der Waals surface area contributed by atoms with E-state index >= 15 is 0 Å². The minimum absolute atomic E-state index is 0.0194. The van der Waals surface area contributed by atoms with Crippen LogP contribution in [0.5, 0.6) is 17.6 Å². The Balaban J connectivity index is 0.000000209. The van der Waals surface area contributed by atoms with Gasteiger partial charge in [0.15, 0.2) is 0 Å². The third kappa shape index (κ3) is 8.11. The van der Waals surface area contributed by atoms with Gasteiger partial charge in [0.2, 0.25) is 5.88 Å². The second-order valence-corrected chi connectivity index (χ2v) is 7.80. The van der Waals surface area contributed by atoms with Crippen LogP contribution in [-0.2, 0) is 0 Å². The van der Waals surface area contributed by atoms with E-state index in [9.17, 15) is 20.2 Å². The number of aryl methyl sites for hydroxylation is 1. The maximum atomic E-state index is 10.9. The Hall–Kier alpha value is -5.27. The minimum Gasteiger partial charge on any atom is -0.479 e. The standard InChI is InChI=1S/C10H13N3O3.C8H8N2O.C7H8N2O3/c1-12(2)7-5-8-4-6-11-10(16-3)9(8)13(14)15;1-11-8-7-6(2-4-9-7)3-5-10-8;1-5-3-4-8-7(12-2)6(5)9(10)11/h4-7H,1-3H3;2-5,9H,1H3;3-4H,1-2H3/b7-5+;;. The molecule has 0 saturated carbocycles. The lowest BCUT2D eigenvalue weighted by atomic mass is 10.2. The number of pyridine rings is 3. The van der Waals surface area contributed by atoms with Crippen molar-refractivity contribution in [3.8, 4) is 17.6 Å². The fourth-order valence-electron chi connectivity index (χ4n) is 3.15. The third-order valence-electron chi connectivity index (χ3n) is 4.95. The van der Waals surface area contributed by atoms with Crippen molar-refractivity contribution < 1.29 is 24.1 Å². The molecule has 0 fully saturated rings. The molecule has 4 aromatic heterocycles. The SMILES string of the molecule is COc1nccc(/C=C/N(C)C)c1[N+](=O)[O-].COc1nccc(C)c1[N+](=O)[O-].COc1nccc2cc[nH]c12. The Morgan fingerprint density at radius 3 is 1.90 bits per heavy atom. The van der Waals surface area contributed by atoms with Gasteiger partial charge < -0.3 is 24.1 Å². The van der Waals surface area contributed by atoms with Gasteiger partial charge in [0.1, 0.15) is 5.52 Å². The number of nitrogens with one attached hydrogen (secondary N) is 1. The van der Waals surface area contributed by atoms with Crippen molar-refractivity contribution >= 4 is 28.4 Å². The summed E-state index contributed by atoms with van der Waals surface area (Å²) in [5.41, 5.74) is 1.77. The fourth-order valence-corrected chi connectivity index (χ4v) is 3.15. The average Bonchev–Trinajstić information content (AvgIpc) is 3.41. The van der Waals surface area contributed by atoms with Crippen molar-refractivity contribution in [1.82, 2.24) is 24.8 Å². The van der Waals surface area contributed by atoms with Crippen LogP contribution in [-0.4, -0.2) is 70.1 Å². The zero-order valence-electron chi connectivity index (χ0n) is 22.3. The van der Waals surface area contributed by atoms with Crippen molar-refractivity contribution in [2.24, 2.45) is 0 Å². The van der Waals surface area contributed by atoms with E-state index in [4.69, 9.17) is 14.2 Å². The summed E-state index contributed by atoms with van der Waals surface area (Å²) in [5, 5.41) is 22.5. The largest absolute Gasteiger partial charge is 0.479 e. The van der Waals surface area contributed by atoms with Gasteiger partial charge >= 0.3 is 11.4 Å². The molecule has 0 aromatic carbocycles. The van der Waals surface area contributed by atoms with E-state index < -0.39 is 9.85 Å². The summed E-state index contributed by atoms with van der Waals surface area (Å²) in [7, 11) is 7.99. The highest BCUT2D eigenvalue weighted by molar-refractivity contribution is 5.83. The first-order valence-corrected chi connectivity index (χ1v) is 11.3. The van der Waals surface area contributed by atoms with Gasteiger partial charge in [0.25, 0.3) is 11.8 Å². The second kappa shape index (κ2) is 14.5. The predicted octanol–water partition coefficient (Wildman–Crippen LogP) is 4.41. The number of rotatable bonds is 7.